The minimum atomic E-state index is -0.519. The molecule has 2 rings (SSSR count). The first-order valence-electron chi connectivity index (χ1n) is 7.05. The quantitative estimate of drug-likeness (QED) is 0.539. The second kappa shape index (κ2) is 9.00. The highest BCUT2D eigenvalue weighted by molar-refractivity contribution is 8.01. The van der Waals surface area contributed by atoms with E-state index in [-0.39, 0.29) is 11.8 Å². The summed E-state index contributed by atoms with van der Waals surface area (Å²) in [5.41, 5.74) is 0.684. The normalized spacial score (nSPS) is 10.8. The Hall–Kier alpha value is -1.13. The predicted molar refractivity (Wildman–Crippen MR) is 105 cm³/mol. The van der Waals surface area contributed by atoms with Gasteiger partial charge < -0.3 is 5.32 Å². The Kier molecular flexibility index (Phi) is 7.26. The summed E-state index contributed by atoms with van der Waals surface area (Å²) in [6, 6.07) is 4.51. The number of amides is 3. The Morgan fingerprint density at radius 1 is 1.36 bits per heavy atom. The standard InChI is InChI=1S/C14H14Cl2N4O2S3/c1-7(2)17-12(22)18-11(21)6-24-13-19-20(14(23)25-13)8-3-4-9(15)10(16)5-8/h3-5,7H,6H2,1-2H3,(H2,17,18,21,22). The molecule has 2 N–H and O–H groups in total. The summed E-state index contributed by atoms with van der Waals surface area (Å²) in [6.45, 7) is 3.61. The van der Waals surface area contributed by atoms with Crippen LogP contribution in [0.3, 0.4) is 0 Å². The smallest absolute Gasteiger partial charge is 0.321 e. The third-order valence-electron chi connectivity index (χ3n) is 2.68. The third kappa shape index (κ3) is 5.96. The fourth-order valence-electron chi connectivity index (χ4n) is 1.69. The van der Waals surface area contributed by atoms with Crippen molar-refractivity contribution in [1.82, 2.24) is 20.4 Å². The van der Waals surface area contributed by atoms with E-state index >= 15 is 0 Å². The van der Waals surface area contributed by atoms with Gasteiger partial charge in [0.1, 0.15) is 0 Å². The van der Waals surface area contributed by atoms with Gasteiger partial charge in [-0.25, -0.2) is 9.48 Å². The van der Waals surface area contributed by atoms with Crippen LogP contribution in [0.1, 0.15) is 13.8 Å². The van der Waals surface area contributed by atoms with E-state index < -0.39 is 11.9 Å². The largest absolute Gasteiger partial charge is 0.336 e. The van der Waals surface area contributed by atoms with Gasteiger partial charge in [0.25, 0.3) is 0 Å². The summed E-state index contributed by atoms with van der Waals surface area (Å²) in [5.74, 6) is -0.361. The Bertz CT molecular complexity index is 851. The molecule has 0 saturated carbocycles. The van der Waals surface area contributed by atoms with Crippen molar-refractivity contribution in [3.8, 4) is 5.69 Å². The fraction of sp³-hybridized carbons (Fsp3) is 0.286. The lowest BCUT2D eigenvalue weighted by Crippen LogP contribution is -2.43. The van der Waals surface area contributed by atoms with Crippen molar-refractivity contribution >= 4 is 70.5 Å². The number of carbonyl (C=O) groups excluding carboxylic acids is 2. The van der Waals surface area contributed by atoms with Crippen LogP contribution in [0.25, 0.3) is 5.69 Å². The first-order chi connectivity index (χ1) is 11.8. The summed E-state index contributed by atoms with van der Waals surface area (Å²) in [7, 11) is 0. The molecule has 0 atom stereocenters. The molecule has 1 aromatic heterocycles. The molecule has 6 nitrogen and oxygen atoms in total. The van der Waals surface area contributed by atoms with E-state index in [0.29, 0.717) is 24.0 Å². The molecule has 3 amide bonds. The van der Waals surface area contributed by atoms with E-state index in [0.717, 1.165) is 0 Å². The molecule has 25 heavy (non-hydrogen) atoms. The first kappa shape index (κ1) is 20.2. The van der Waals surface area contributed by atoms with E-state index in [9.17, 15) is 9.59 Å². The number of urea groups is 1. The molecule has 0 unspecified atom stereocenters. The van der Waals surface area contributed by atoms with E-state index in [1.54, 1.807) is 36.7 Å². The molecule has 0 fully saturated rings. The van der Waals surface area contributed by atoms with E-state index in [1.165, 1.54) is 23.1 Å². The highest BCUT2D eigenvalue weighted by Gasteiger charge is 2.12. The Morgan fingerprint density at radius 3 is 2.72 bits per heavy atom. The number of hydrogen-bond acceptors (Lipinski definition) is 6. The summed E-state index contributed by atoms with van der Waals surface area (Å²) >= 11 is 19.7. The molecule has 1 aromatic carbocycles. The Balaban J connectivity index is 2.00. The molecule has 0 radical (unpaired) electrons. The molecule has 11 heteroatoms. The zero-order chi connectivity index (χ0) is 18.6. The highest BCUT2D eigenvalue weighted by atomic mass is 35.5. The number of rotatable bonds is 5. The molecule has 1 heterocycles. The van der Waals surface area contributed by atoms with Gasteiger partial charge >= 0.3 is 6.03 Å². The molecule has 0 spiro atoms. The van der Waals surface area contributed by atoms with Gasteiger partial charge in [-0.2, -0.15) is 0 Å². The van der Waals surface area contributed by atoms with Crippen LogP contribution in [-0.4, -0.2) is 33.5 Å². The number of thioether (sulfide) groups is 1. The Morgan fingerprint density at radius 2 is 2.08 bits per heavy atom. The molecule has 0 aliphatic rings. The lowest BCUT2D eigenvalue weighted by molar-refractivity contribution is -0.117. The zero-order valence-electron chi connectivity index (χ0n) is 13.2. The number of halogens is 2. The zero-order valence-corrected chi connectivity index (χ0v) is 17.2. The molecule has 0 saturated heterocycles. The van der Waals surface area contributed by atoms with Gasteiger partial charge in [0.05, 0.1) is 21.5 Å². The molecule has 0 bridgehead atoms. The summed E-state index contributed by atoms with van der Waals surface area (Å²) in [4.78, 5) is 23.2. The first-order valence-corrected chi connectivity index (χ1v) is 10.0. The van der Waals surface area contributed by atoms with Crippen molar-refractivity contribution in [3.63, 3.8) is 0 Å². The number of aromatic nitrogens is 2. The molecular formula is C14H14Cl2N4O2S3. The highest BCUT2D eigenvalue weighted by Crippen LogP contribution is 2.27. The van der Waals surface area contributed by atoms with Gasteiger partial charge in [-0.1, -0.05) is 46.3 Å². The second-order valence-corrected chi connectivity index (χ2v) is 8.77. The molecule has 2 aromatic rings. The van der Waals surface area contributed by atoms with Crippen molar-refractivity contribution in [1.29, 1.82) is 0 Å². The number of imide groups is 1. The average Bonchev–Trinajstić information content (AvgIpc) is 2.88. The van der Waals surface area contributed by atoms with E-state index in [1.807, 2.05) is 0 Å². The fourth-order valence-corrected chi connectivity index (χ4v) is 4.14. The molecule has 134 valence electrons. The van der Waals surface area contributed by atoms with Crippen molar-refractivity contribution in [2.24, 2.45) is 0 Å². The van der Waals surface area contributed by atoms with Crippen molar-refractivity contribution in [2.45, 2.75) is 24.2 Å². The van der Waals surface area contributed by atoms with Crippen LogP contribution >= 0.6 is 58.5 Å². The summed E-state index contributed by atoms with van der Waals surface area (Å²) in [6.07, 6.45) is 0. The van der Waals surface area contributed by atoms with Gasteiger partial charge in [-0.15, -0.1) is 5.10 Å². The second-order valence-electron chi connectivity index (χ2n) is 5.11. The molecular weight excluding hydrogens is 423 g/mol. The predicted octanol–water partition coefficient (Wildman–Crippen LogP) is 4.30. The monoisotopic (exact) mass is 436 g/mol. The van der Waals surface area contributed by atoms with Gasteiger partial charge in [0.2, 0.25) is 5.91 Å². The number of nitrogens with one attached hydrogen (secondary N) is 2. The van der Waals surface area contributed by atoms with Crippen LogP contribution in [0.5, 0.6) is 0 Å². The van der Waals surface area contributed by atoms with Crippen molar-refractivity contribution in [3.05, 3.63) is 32.2 Å². The topological polar surface area (TPSA) is 76.0 Å². The van der Waals surface area contributed by atoms with Gasteiger partial charge in [0, 0.05) is 6.04 Å². The van der Waals surface area contributed by atoms with Crippen LogP contribution in [-0.2, 0) is 4.79 Å². The van der Waals surface area contributed by atoms with Crippen LogP contribution in [0.15, 0.2) is 22.5 Å². The van der Waals surface area contributed by atoms with Crippen LogP contribution in [0.2, 0.25) is 10.0 Å². The van der Waals surface area contributed by atoms with E-state index in [4.69, 9.17) is 35.4 Å². The lowest BCUT2D eigenvalue weighted by Gasteiger charge is -2.08. The Labute approximate surface area is 167 Å². The molecule has 0 aliphatic carbocycles. The molecule has 0 aliphatic heterocycles. The third-order valence-corrected chi connectivity index (χ3v) is 5.78. The van der Waals surface area contributed by atoms with Crippen LogP contribution in [0.4, 0.5) is 4.79 Å². The van der Waals surface area contributed by atoms with Gasteiger partial charge in [0.15, 0.2) is 8.29 Å². The minimum absolute atomic E-state index is 0.0488. The lowest BCUT2D eigenvalue weighted by atomic mass is 10.3. The average molecular weight is 437 g/mol. The number of hydrogen-bond donors (Lipinski definition) is 2. The number of carbonyl (C=O) groups is 2. The maximum Gasteiger partial charge on any atom is 0.321 e. The SMILES string of the molecule is CC(C)NC(=O)NC(=O)CSc1nn(-c2ccc(Cl)c(Cl)c2)c(=S)s1. The maximum atomic E-state index is 11.8. The van der Waals surface area contributed by atoms with Crippen molar-refractivity contribution in [2.75, 3.05) is 5.75 Å². The number of benzene rings is 1. The van der Waals surface area contributed by atoms with Crippen molar-refractivity contribution < 1.29 is 9.59 Å². The van der Waals surface area contributed by atoms with Gasteiger partial charge in [-0.3, -0.25) is 10.1 Å². The number of nitrogens with zero attached hydrogens (tertiary/aromatic N) is 2. The van der Waals surface area contributed by atoms with Crippen LogP contribution < -0.4 is 10.6 Å². The summed E-state index contributed by atoms with van der Waals surface area (Å²) < 4.78 is 2.67. The van der Waals surface area contributed by atoms with E-state index in [2.05, 4.69) is 15.7 Å². The van der Waals surface area contributed by atoms with Gasteiger partial charge in [-0.05, 0) is 44.3 Å². The van der Waals surface area contributed by atoms with Crippen LogP contribution in [0, 0.1) is 3.95 Å². The maximum absolute atomic E-state index is 11.8. The minimum Gasteiger partial charge on any atom is -0.336 e. The summed E-state index contributed by atoms with van der Waals surface area (Å²) in [5, 5.41) is 10.0.